The van der Waals surface area contributed by atoms with Crippen LogP contribution in [0.1, 0.15) is 33.6 Å². The zero-order chi connectivity index (χ0) is 18.4. The van der Waals surface area contributed by atoms with Gasteiger partial charge in [-0.25, -0.2) is 0 Å². The van der Waals surface area contributed by atoms with Gasteiger partial charge in [0.05, 0.1) is 11.1 Å². The van der Waals surface area contributed by atoms with Crippen LogP contribution >= 0.6 is 11.8 Å². The molecular weight excluding hydrogens is 348 g/mol. The van der Waals surface area contributed by atoms with Crippen molar-refractivity contribution in [3.63, 3.8) is 0 Å². The number of carbonyl (C=O) groups is 3. The Labute approximate surface area is 156 Å². The number of amides is 3. The van der Waals surface area contributed by atoms with Crippen LogP contribution in [-0.2, 0) is 4.79 Å². The molecular formula is C20H20N2O3S. The number of nitrogens with zero attached hydrogens (tertiary/aromatic N) is 1. The van der Waals surface area contributed by atoms with Crippen molar-refractivity contribution in [2.45, 2.75) is 17.7 Å². The Morgan fingerprint density at radius 3 is 2.19 bits per heavy atom. The molecule has 0 aromatic heterocycles. The summed E-state index contributed by atoms with van der Waals surface area (Å²) in [5.41, 5.74) is 0.889. The molecule has 0 saturated heterocycles. The molecule has 0 spiro atoms. The first-order valence-corrected chi connectivity index (χ1v) is 9.55. The highest BCUT2D eigenvalue weighted by molar-refractivity contribution is 7.99. The molecule has 1 aliphatic rings. The van der Waals surface area contributed by atoms with E-state index in [2.05, 4.69) is 5.32 Å². The van der Waals surface area contributed by atoms with E-state index in [0.29, 0.717) is 30.5 Å². The summed E-state index contributed by atoms with van der Waals surface area (Å²) in [6.07, 6.45) is 0.756. The van der Waals surface area contributed by atoms with Crippen LogP contribution in [0.2, 0.25) is 0 Å². The van der Waals surface area contributed by atoms with Crippen LogP contribution in [0, 0.1) is 0 Å². The van der Waals surface area contributed by atoms with Gasteiger partial charge in [-0.05, 0) is 30.7 Å². The van der Waals surface area contributed by atoms with Gasteiger partial charge in [0.25, 0.3) is 11.8 Å². The van der Waals surface area contributed by atoms with E-state index < -0.39 is 0 Å². The van der Waals surface area contributed by atoms with Crippen molar-refractivity contribution < 1.29 is 14.4 Å². The van der Waals surface area contributed by atoms with Crippen LogP contribution in [0.25, 0.3) is 0 Å². The number of nitrogens with one attached hydrogen (secondary N) is 1. The molecule has 134 valence electrons. The fourth-order valence-electron chi connectivity index (χ4n) is 2.80. The highest BCUT2D eigenvalue weighted by Crippen LogP contribution is 2.22. The second kappa shape index (κ2) is 8.67. The molecule has 1 aliphatic heterocycles. The molecule has 1 N–H and O–H groups in total. The van der Waals surface area contributed by atoms with Crippen molar-refractivity contribution in [3.8, 4) is 0 Å². The summed E-state index contributed by atoms with van der Waals surface area (Å²) in [6, 6.07) is 16.8. The van der Waals surface area contributed by atoms with Gasteiger partial charge < -0.3 is 5.32 Å². The third-order valence-corrected chi connectivity index (χ3v) is 5.11. The number of carbonyl (C=O) groups excluding carboxylic acids is 3. The Hall–Kier alpha value is -2.60. The number of benzene rings is 2. The lowest BCUT2D eigenvalue weighted by Gasteiger charge is -2.13. The maximum Gasteiger partial charge on any atom is 0.261 e. The number of hydrogen-bond acceptors (Lipinski definition) is 4. The Morgan fingerprint density at radius 2 is 1.54 bits per heavy atom. The normalized spacial score (nSPS) is 13.0. The van der Waals surface area contributed by atoms with Gasteiger partial charge in [-0.15, -0.1) is 11.8 Å². The molecule has 0 aliphatic carbocycles. The molecule has 0 radical (unpaired) electrons. The third-order valence-electron chi connectivity index (χ3n) is 4.10. The van der Waals surface area contributed by atoms with E-state index in [4.69, 9.17) is 0 Å². The molecule has 0 saturated carbocycles. The minimum Gasteiger partial charge on any atom is -0.355 e. The Bertz CT molecular complexity index is 773. The summed E-state index contributed by atoms with van der Waals surface area (Å²) in [6.45, 7) is 0.851. The molecule has 3 amide bonds. The molecule has 5 nitrogen and oxygen atoms in total. The number of thioether (sulfide) groups is 1. The van der Waals surface area contributed by atoms with Crippen LogP contribution in [0.4, 0.5) is 0 Å². The van der Waals surface area contributed by atoms with Crippen molar-refractivity contribution in [1.82, 2.24) is 10.2 Å². The summed E-state index contributed by atoms with van der Waals surface area (Å²) in [7, 11) is 0. The molecule has 2 aromatic carbocycles. The zero-order valence-electron chi connectivity index (χ0n) is 14.3. The average molecular weight is 368 g/mol. The lowest BCUT2D eigenvalue weighted by Crippen LogP contribution is -2.32. The van der Waals surface area contributed by atoms with Crippen LogP contribution in [0.3, 0.4) is 0 Å². The van der Waals surface area contributed by atoms with E-state index in [-0.39, 0.29) is 24.3 Å². The topological polar surface area (TPSA) is 66.5 Å². The number of fused-ring (bicyclic) bond motifs is 1. The van der Waals surface area contributed by atoms with Gasteiger partial charge in [0.1, 0.15) is 0 Å². The first-order chi connectivity index (χ1) is 12.7. The predicted octanol–water partition coefficient (Wildman–Crippen LogP) is 2.97. The monoisotopic (exact) mass is 368 g/mol. The molecule has 0 fully saturated rings. The smallest absolute Gasteiger partial charge is 0.261 e. The molecule has 3 rings (SSSR count). The second-order valence-electron chi connectivity index (χ2n) is 5.92. The number of hydrogen-bond donors (Lipinski definition) is 1. The van der Waals surface area contributed by atoms with Gasteiger partial charge in [-0.2, -0.15) is 0 Å². The van der Waals surface area contributed by atoms with Gasteiger partial charge in [0.15, 0.2) is 0 Å². The van der Waals surface area contributed by atoms with Crippen molar-refractivity contribution >= 4 is 29.5 Å². The minimum absolute atomic E-state index is 0.0599. The van der Waals surface area contributed by atoms with Crippen LogP contribution in [0.5, 0.6) is 0 Å². The molecule has 26 heavy (non-hydrogen) atoms. The molecule has 0 unspecified atom stereocenters. The summed E-state index contributed by atoms with van der Waals surface area (Å²) in [5.74, 6) is 0.194. The van der Waals surface area contributed by atoms with Crippen molar-refractivity contribution in [3.05, 3.63) is 65.7 Å². The Kier molecular flexibility index (Phi) is 6.07. The second-order valence-corrected chi connectivity index (χ2v) is 7.09. The summed E-state index contributed by atoms with van der Waals surface area (Å²) in [5, 5.41) is 2.87. The number of imide groups is 1. The summed E-state index contributed by atoms with van der Waals surface area (Å²) < 4.78 is 0. The number of rotatable bonds is 8. The van der Waals surface area contributed by atoms with Crippen LogP contribution in [0.15, 0.2) is 59.5 Å². The lowest BCUT2D eigenvalue weighted by molar-refractivity contribution is -0.121. The van der Waals surface area contributed by atoms with E-state index in [0.717, 1.165) is 5.75 Å². The highest BCUT2D eigenvalue weighted by Gasteiger charge is 2.34. The molecule has 2 aromatic rings. The van der Waals surface area contributed by atoms with Gasteiger partial charge in [0.2, 0.25) is 5.91 Å². The van der Waals surface area contributed by atoms with Crippen molar-refractivity contribution in [2.75, 3.05) is 18.8 Å². The minimum atomic E-state index is -0.273. The van der Waals surface area contributed by atoms with E-state index in [1.807, 2.05) is 30.3 Å². The van der Waals surface area contributed by atoms with E-state index in [1.54, 1.807) is 36.0 Å². The third kappa shape index (κ3) is 4.32. The fraction of sp³-hybridized carbons (Fsp3) is 0.250. The molecule has 0 bridgehead atoms. The molecule has 1 heterocycles. The first kappa shape index (κ1) is 18.2. The Morgan fingerprint density at radius 1 is 0.923 bits per heavy atom. The average Bonchev–Trinajstić information content (AvgIpc) is 2.91. The van der Waals surface area contributed by atoms with Crippen LogP contribution in [-0.4, -0.2) is 41.5 Å². The van der Waals surface area contributed by atoms with E-state index in [1.165, 1.54) is 9.80 Å². The standard InChI is InChI=1S/C20H20N2O3S/c23-18(21-12-14-26-15-7-2-1-3-8-15)11-6-13-22-19(24)16-9-4-5-10-17(16)20(22)25/h1-5,7-10H,6,11-14H2,(H,21,23). The maximum absolute atomic E-state index is 12.2. The van der Waals surface area contributed by atoms with Crippen LogP contribution < -0.4 is 5.32 Å². The van der Waals surface area contributed by atoms with Gasteiger partial charge >= 0.3 is 0 Å². The quantitative estimate of drug-likeness (QED) is 0.442. The van der Waals surface area contributed by atoms with E-state index >= 15 is 0 Å². The first-order valence-electron chi connectivity index (χ1n) is 8.56. The molecule has 6 heteroatoms. The lowest BCUT2D eigenvalue weighted by atomic mass is 10.1. The fourth-order valence-corrected chi connectivity index (χ4v) is 3.59. The van der Waals surface area contributed by atoms with Crippen molar-refractivity contribution in [2.24, 2.45) is 0 Å². The predicted molar refractivity (Wildman–Crippen MR) is 101 cm³/mol. The summed E-state index contributed by atoms with van der Waals surface area (Å²) >= 11 is 1.69. The largest absolute Gasteiger partial charge is 0.355 e. The van der Waals surface area contributed by atoms with Gasteiger partial charge in [0, 0.05) is 30.2 Å². The SMILES string of the molecule is O=C(CCCN1C(=O)c2ccccc2C1=O)NCCSc1ccccc1. The van der Waals surface area contributed by atoms with Crippen molar-refractivity contribution in [1.29, 1.82) is 0 Å². The highest BCUT2D eigenvalue weighted by atomic mass is 32.2. The zero-order valence-corrected chi connectivity index (χ0v) is 15.1. The summed E-state index contributed by atoms with van der Waals surface area (Å²) in [4.78, 5) is 38.8. The van der Waals surface area contributed by atoms with Gasteiger partial charge in [-0.3, -0.25) is 19.3 Å². The molecule has 0 atom stereocenters. The van der Waals surface area contributed by atoms with Gasteiger partial charge in [-0.1, -0.05) is 30.3 Å². The Balaban J connectivity index is 1.35. The van der Waals surface area contributed by atoms with E-state index in [9.17, 15) is 14.4 Å². The maximum atomic E-state index is 12.2.